The van der Waals surface area contributed by atoms with E-state index in [9.17, 15) is 9.90 Å². The second-order valence-corrected chi connectivity index (χ2v) is 7.71. The molecule has 0 saturated heterocycles. The molecule has 0 spiro atoms. The molecule has 0 aliphatic heterocycles. The van der Waals surface area contributed by atoms with Crippen LogP contribution in [-0.4, -0.2) is 60.3 Å². The van der Waals surface area contributed by atoms with Gasteiger partial charge in [0.05, 0.1) is 20.3 Å². The number of nitrogens with one attached hydrogen (secondary N) is 2. The molecule has 0 saturated carbocycles. The minimum absolute atomic E-state index is 0.00125. The molecule has 3 rings (SSSR count). The lowest BCUT2D eigenvalue weighted by molar-refractivity contribution is -0.122. The quantitative estimate of drug-likeness (QED) is 0.481. The first-order valence-corrected chi connectivity index (χ1v) is 10.3. The molecule has 2 aromatic carbocycles. The number of carbonyl (C=O) groups is 1. The van der Waals surface area contributed by atoms with E-state index in [4.69, 9.17) is 4.74 Å². The van der Waals surface area contributed by atoms with E-state index in [0.29, 0.717) is 13.1 Å². The van der Waals surface area contributed by atoms with Gasteiger partial charge in [0.1, 0.15) is 5.75 Å². The number of amides is 1. The lowest BCUT2D eigenvalue weighted by Gasteiger charge is -2.25. The molecule has 160 valence electrons. The van der Waals surface area contributed by atoms with E-state index in [1.807, 2.05) is 61.3 Å². The number of ether oxygens (including phenoxy) is 1. The molecule has 6 heteroatoms. The summed E-state index contributed by atoms with van der Waals surface area (Å²) in [6.45, 7) is 5.31. The van der Waals surface area contributed by atoms with Crippen LogP contribution in [-0.2, 0) is 4.79 Å². The van der Waals surface area contributed by atoms with E-state index >= 15 is 0 Å². The van der Waals surface area contributed by atoms with E-state index in [1.54, 1.807) is 7.11 Å². The summed E-state index contributed by atoms with van der Waals surface area (Å²) in [4.78, 5) is 17.9. The van der Waals surface area contributed by atoms with Gasteiger partial charge in [0.2, 0.25) is 5.91 Å². The monoisotopic (exact) mass is 409 g/mol. The first-order valence-electron chi connectivity index (χ1n) is 10.3. The van der Waals surface area contributed by atoms with Gasteiger partial charge in [-0.3, -0.25) is 9.69 Å². The van der Waals surface area contributed by atoms with Crippen LogP contribution in [0.25, 0.3) is 10.9 Å². The Hall–Kier alpha value is -2.83. The van der Waals surface area contributed by atoms with E-state index < -0.39 is 0 Å². The van der Waals surface area contributed by atoms with Crippen molar-refractivity contribution in [1.29, 1.82) is 0 Å². The van der Waals surface area contributed by atoms with E-state index in [1.165, 1.54) is 0 Å². The highest BCUT2D eigenvalue weighted by Crippen LogP contribution is 2.31. The second-order valence-electron chi connectivity index (χ2n) is 7.71. The average molecular weight is 410 g/mol. The van der Waals surface area contributed by atoms with Gasteiger partial charge in [0.15, 0.2) is 0 Å². The number of H-pyrrole nitrogens is 1. The maximum Gasteiger partial charge on any atom is 0.234 e. The van der Waals surface area contributed by atoms with Crippen LogP contribution in [0.2, 0.25) is 0 Å². The van der Waals surface area contributed by atoms with E-state index in [-0.39, 0.29) is 31.0 Å². The van der Waals surface area contributed by atoms with Gasteiger partial charge in [-0.15, -0.1) is 0 Å². The molecule has 1 atom stereocenters. The number of aromatic nitrogens is 1. The number of carbonyl (C=O) groups excluding carboxylic acids is 1. The normalized spacial score (nSPS) is 12.5. The van der Waals surface area contributed by atoms with Crippen molar-refractivity contribution in [3.63, 3.8) is 0 Å². The molecule has 0 radical (unpaired) electrons. The maximum atomic E-state index is 12.6. The van der Waals surface area contributed by atoms with Gasteiger partial charge in [-0.05, 0) is 43.2 Å². The van der Waals surface area contributed by atoms with Gasteiger partial charge in [-0.25, -0.2) is 0 Å². The van der Waals surface area contributed by atoms with Gasteiger partial charge in [0.25, 0.3) is 0 Å². The Morgan fingerprint density at radius 2 is 1.90 bits per heavy atom. The number of para-hydroxylation sites is 1. The summed E-state index contributed by atoms with van der Waals surface area (Å²) >= 11 is 0. The third kappa shape index (κ3) is 5.20. The lowest BCUT2D eigenvalue weighted by Crippen LogP contribution is -2.43. The van der Waals surface area contributed by atoms with Crippen molar-refractivity contribution in [3.05, 3.63) is 65.9 Å². The molecule has 0 aliphatic carbocycles. The lowest BCUT2D eigenvalue weighted by atomic mass is 9.90. The molecule has 1 amide bonds. The first kappa shape index (κ1) is 21.9. The van der Waals surface area contributed by atoms with Crippen LogP contribution in [0.15, 0.2) is 54.7 Å². The molecule has 3 N–H and O–H groups in total. The van der Waals surface area contributed by atoms with Crippen LogP contribution in [0.5, 0.6) is 5.75 Å². The summed E-state index contributed by atoms with van der Waals surface area (Å²) in [6, 6.07) is 16.4. The predicted molar refractivity (Wildman–Crippen MR) is 120 cm³/mol. The van der Waals surface area contributed by atoms with E-state index in [2.05, 4.69) is 22.4 Å². The fourth-order valence-corrected chi connectivity index (χ4v) is 3.73. The Morgan fingerprint density at radius 3 is 2.57 bits per heavy atom. The highest BCUT2D eigenvalue weighted by molar-refractivity contribution is 5.84. The number of aromatic amines is 1. The number of benzene rings is 2. The first-order chi connectivity index (χ1) is 14.5. The molecule has 0 fully saturated rings. The van der Waals surface area contributed by atoms with Gasteiger partial charge in [-0.2, -0.15) is 0 Å². The molecule has 1 heterocycles. The number of aliphatic hydroxyl groups excluding tert-OH is 1. The summed E-state index contributed by atoms with van der Waals surface area (Å²) in [7, 11) is 1.65. The number of fused-ring (bicyclic) bond motifs is 1. The second kappa shape index (κ2) is 10.3. The van der Waals surface area contributed by atoms with Crippen LogP contribution < -0.4 is 10.1 Å². The van der Waals surface area contributed by atoms with Crippen LogP contribution in [0.1, 0.15) is 30.9 Å². The van der Waals surface area contributed by atoms with Gasteiger partial charge >= 0.3 is 0 Å². The Kier molecular flexibility index (Phi) is 7.49. The standard InChI is InChI=1S/C24H31N3O3/c1-17(2)27(12-13-28)16-24(29)26-14-21(18-8-10-19(30-3)11-9-18)22-15-25-23-7-5-4-6-20(22)23/h4-11,15,17,21,25,28H,12-14,16H2,1-3H3,(H,26,29). The zero-order valence-corrected chi connectivity index (χ0v) is 17.9. The number of nitrogens with zero attached hydrogens (tertiary/aromatic N) is 1. The summed E-state index contributed by atoms with van der Waals surface area (Å²) in [5.41, 5.74) is 3.33. The third-order valence-electron chi connectivity index (χ3n) is 5.48. The van der Waals surface area contributed by atoms with Crippen molar-refractivity contribution in [1.82, 2.24) is 15.2 Å². The predicted octanol–water partition coefficient (Wildman–Crippen LogP) is 3.13. The zero-order valence-electron chi connectivity index (χ0n) is 17.9. The minimum atomic E-state index is -0.0458. The van der Waals surface area contributed by atoms with E-state index in [0.717, 1.165) is 27.8 Å². The van der Waals surface area contributed by atoms with Crippen molar-refractivity contribution in [2.24, 2.45) is 0 Å². The fraction of sp³-hybridized carbons (Fsp3) is 0.375. The van der Waals surface area contributed by atoms with Crippen LogP contribution in [0, 0.1) is 0 Å². The molecule has 0 bridgehead atoms. The van der Waals surface area contributed by atoms with Crippen molar-refractivity contribution in [3.8, 4) is 5.75 Å². The molecule has 6 nitrogen and oxygen atoms in total. The van der Waals surface area contributed by atoms with Gasteiger partial charge < -0.3 is 20.1 Å². The molecular weight excluding hydrogens is 378 g/mol. The molecule has 3 aromatic rings. The Bertz CT molecular complexity index is 950. The zero-order chi connectivity index (χ0) is 21.5. The Balaban J connectivity index is 1.82. The number of hydrogen-bond acceptors (Lipinski definition) is 4. The minimum Gasteiger partial charge on any atom is -0.497 e. The highest BCUT2D eigenvalue weighted by Gasteiger charge is 2.20. The largest absolute Gasteiger partial charge is 0.497 e. The summed E-state index contributed by atoms with van der Waals surface area (Å²) in [5.74, 6) is 0.758. The number of hydrogen-bond donors (Lipinski definition) is 3. The van der Waals surface area contributed by atoms with Crippen molar-refractivity contribution in [2.75, 3.05) is 33.4 Å². The maximum absolute atomic E-state index is 12.6. The molecule has 0 aliphatic rings. The van der Waals surface area contributed by atoms with Crippen LogP contribution in [0.4, 0.5) is 0 Å². The number of methoxy groups -OCH3 is 1. The van der Waals surface area contributed by atoms with Crippen LogP contribution in [0.3, 0.4) is 0 Å². The average Bonchev–Trinajstić information content (AvgIpc) is 3.18. The smallest absolute Gasteiger partial charge is 0.234 e. The molecular formula is C24H31N3O3. The Morgan fingerprint density at radius 1 is 1.17 bits per heavy atom. The fourth-order valence-electron chi connectivity index (χ4n) is 3.73. The Labute approximate surface area is 177 Å². The molecule has 1 aromatic heterocycles. The van der Waals surface area contributed by atoms with Crippen molar-refractivity contribution < 1.29 is 14.6 Å². The summed E-state index contributed by atoms with van der Waals surface area (Å²) in [6.07, 6.45) is 2.03. The number of rotatable bonds is 10. The van der Waals surface area contributed by atoms with Gasteiger partial charge in [-0.1, -0.05) is 30.3 Å². The van der Waals surface area contributed by atoms with Crippen molar-refractivity contribution in [2.45, 2.75) is 25.8 Å². The number of aliphatic hydroxyl groups is 1. The SMILES string of the molecule is COc1ccc(C(CNC(=O)CN(CCO)C(C)C)c2c[nH]c3ccccc23)cc1. The highest BCUT2D eigenvalue weighted by atomic mass is 16.5. The van der Waals surface area contributed by atoms with Crippen molar-refractivity contribution >= 4 is 16.8 Å². The third-order valence-corrected chi connectivity index (χ3v) is 5.48. The summed E-state index contributed by atoms with van der Waals surface area (Å²) in [5, 5.41) is 13.5. The molecule has 30 heavy (non-hydrogen) atoms. The van der Waals surface area contributed by atoms with Gasteiger partial charge in [0, 0.05) is 42.1 Å². The van der Waals surface area contributed by atoms with Crippen LogP contribution >= 0.6 is 0 Å². The molecule has 1 unspecified atom stereocenters. The summed E-state index contributed by atoms with van der Waals surface area (Å²) < 4.78 is 5.30. The topological polar surface area (TPSA) is 77.6 Å².